The first-order valence-electron chi connectivity index (χ1n) is 4.19. The Labute approximate surface area is 86.3 Å². The molecule has 1 atom stereocenters. The van der Waals surface area contributed by atoms with Gasteiger partial charge in [0, 0.05) is 12.4 Å². The molecule has 1 aromatic rings. The van der Waals surface area contributed by atoms with Crippen molar-refractivity contribution in [2.45, 2.75) is 18.9 Å². The van der Waals surface area contributed by atoms with Crippen molar-refractivity contribution in [1.82, 2.24) is 10.3 Å². The van der Waals surface area contributed by atoms with E-state index in [0.717, 1.165) is 0 Å². The number of hydrogen-bond acceptors (Lipinski definition) is 2. The van der Waals surface area contributed by atoms with Gasteiger partial charge in [-0.1, -0.05) is 11.6 Å². The average Bonchev–Trinajstić information content (AvgIpc) is 2.16. The molecule has 0 bridgehead atoms. The summed E-state index contributed by atoms with van der Waals surface area (Å²) in [6, 6.07) is 0.782. The van der Waals surface area contributed by atoms with E-state index in [4.69, 9.17) is 11.6 Å². The maximum absolute atomic E-state index is 12.4. The third kappa shape index (κ3) is 2.89. The average molecular weight is 221 g/mol. The van der Waals surface area contributed by atoms with Gasteiger partial charge in [0.05, 0.1) is 11.1 Å². The monoisotopic (exact) mass is 220 g/mol. The van der Waals surface area contributed by atoms with Crippen LogP contribution in [0.5, 0.6) is 0 Å². The molecular weight excluding hydrogens is 210 g/mol. The molecule has 1 N–H and O–H groups in total. The van der Waals surface area contributed by atoms with Crippen molar-refractivity contribution in [3.63, 3.8) is 0 Å². The Morgan fingerprint density at radius 2 is 2.29 bits per heavy atom. The zero-order chi connectivity index (χ0) is 10.6. The first kappa shape index (κ1) is 11.3. The maximum atomic E-state index is 12.4. The van der Waals surface area contributed by atoms with Crippen molar-refractivity contribution in [2.24, 2.45) is 0 Å². The normalized spacial score (nSPS) is 13.2. The Hall–Kier alpha value is -0.740. The summed E-state index contributed by atoms with van der Waals surface area (Å²) in [6.45, 7) is 0. The van der Waals surface area contributed by atoms with Crippen LogP contribution in [0, 0.1) is 0 Å². The van der Waals surface area contributed by atoms with Gasteiger partial charge in [0.2, 0.25) is 0 Å². The fraction of sp³-hybridized carbons (Fsp3) is 0.444. The fourth-order valence-electron chi connectivity index (χ4n) is 1.12. The zero-order valence-electron chi connectivity index (χ0n) is 7.67. The minimum absolute atomic E-state index is 0.204. The van der Waals surface area contributed by atoms with Crippen LogP contribution < -0.4 is 5.32 Å². The van der Waals surface area contributed by atoms with Gasteiger partial charge >= 0.3 is 0 Å². The molecule has 0 spiro atoms. The lowest BCUT2D eigenvalue weighted by Crippen LogP contribution is -2.34. The van der Waals surface area contributed by atoms with Crippen molar-refractivity contribution in [2.75, 3.05) is 7.05 Å². The number of rotatable bonds is 4. The van der Waals surface area contributed by atoms with Crippen LogP contribution in [0.25, 0.3) is 0 Å². The van der Waals surface area contributed by atoms with Gasteiger partial charge in [-0.25, -0.2) is 8.78 Å². The molecule has 0 radical (unpaired) electrons. The summed E-state index contributed by atoms with van der Waals surface area (Å²) < 4.78 is 24.8. The smallest absolute Gasteiger partial charge is 0.254 e. The standard InChI is InChI=1S/C9H11ClF2N2/c1-13-8(9(11)12)4-6-2-3-14-5-7(6)10/h2-3,5,8-9,13H,4H2,1H3. The van der Waals surface area contributed by atoms with Gasteiger partial charge in [-0.3, -0.25) is 4.98 Å². The molecule has 0 aliphatic heterocycles. The second-order valence-electron chi connectivity index (χ2n) is 2.90. The first-order chi connectivity index (χ1) is 6.65. The molecule has 0 aliphatic rings. The molecule has 0 aromatic carbocycles. The van der Waals surface area contributed by atoms with Crippen LogP contribution in [0.1, 0.15) is 5.56 Å². The van der Waals surface area contributed by atoms with E-state index in [9.17, 15) is 8.78 Å². The van der Waals surface area contributed by atoms with Crippen LogP contribution in [0.15, 0.2) is 18.5 Å². The molecule has 0 saturated heterocycles. The Balaban J connectivity index is 2.72. The van der Waals surface area contributed by atoms with E-state index in [1.807, 2.05) is 0 Å². The summed E-state index contributed by atoms with van der Waals surface area (Å²) in [7, 11) is 1.51. The maximum Gasteiger partial charge on any atom is 0.254 e. The second-order valence-corrected chi connectivity index (χ2v) is 3.31. The summed E-state index contributed by atoms with van der Waals surface area (Å²) >= 11 is 5.79. The van der Waals surface area contributed by atoms with Crippen LogP contribution in [-0.4, -0.2) is 24.5 Å². The number of likely N-dealkylation sites (N-methyl/N-ethyl adjacent to an activating group) is 1. The highest BCUT2D eigenvalue weighted by Gasteiger charge is 2.19. The van der Waals surface area contributed by atoms with Gasteiger partial charge < -0.3 is 5.32 Å². The number of hydrogen-bond donors (Lipinski definition) is 1. The number of pyridine rings is 1. The SMILES string of the molecule is CNC(Cc1ccncc1Cl)C(F)F. The van der Waals surface area contributed by atoms with E-state index < -0.39 is 12.5 Å². The van der Waals surface area contributed by atoms with Gasteiger partial charge in [0.1, 0.15) is 0 Å². The first-order valence-corrected chi connectivity index (χ1v) is 4.56. The lowest BCUT2D eigenvalue weighted by Gasteiger charge is -2.15. The van der Waals surface area contributed by atoms with Crippen molar-refractivity contribution < 1.29 is 8.78 Å². The summed E-state index contributed by atoms with van der Waals surface area (Å²) in [5, 5.41) is 2.97. The lowest BCUT2D eigenvalue weighted by molar-refractivity contribution is 0.102. The zero-order valence-corrected chi connectivity index (χ0v) is 8.43. The third-order valence-electron chi connectivity index (χ3n) is 1.97. The van der Waals surface area contributed by atoms with Crippen molar-refractivity contribution in [3.05, 3.63) is 29.0 Å². The second kappa shape index (κ2) is 5.22. The Morgan fingerprint density at radius 3 is 2.79 bits per heavy atom. The molecule has 0 aliphatic carbocycles. The van der Waals surface area contributed by atoms with Crippen LogP contribution in [-0.2, 0) is 6.42 Å². The topological polar surface area (TPSA) is 24.9 Å². The Morgan fingerprint density at radius 1 is 1.57 bits per heavy atom. The molecule has 1 unspecified atom stereocenters. The van der Waals surface area contributed by atoms with Crippen molar-refractivity contribution in [3.8, 4) is 0 Å². The molecule has 1 rings (SSSR count). The Kier molecular flexibility index (Phi) is 4.22. The quantitative estimate of drug-likeness (QED) is 0.841. The molecule has 1 heterocycles. The Bertz CT molecular complexity index is 294. The minimum Gasteiger partial charge on any atom is -0.312 e. The predicted molar refractivity (Wildman–Crippen MR) is 51.8 cm³/mol. The van der Waals surface area contributed by atoms with Crippen molar-refractivity contribution >= 4 is 11.6 Å². The van der Waals surface area contributed by atoms with E-state index in [2.05, 4.69) is 10.3 Å². The van der Waals surface area contributed by atoms with Crippen molar-refractivity contribution in [1.29, 1.82) is 0 Å². The van der Waals surface area contributed by atoms with Crippen LogP contribution in [0.4, 0.5) is 8.78 Å². The largest absolute Gasteiger partial charge is 0.312 e. The van der Waals surface area contributed by atoms with Crippen LogP contribution in [0.2, 0.25) is 5.02 Å². The van der Waals surface area contributed by atoms with E-state index in [1.54, 1.807) is 12.3 Å². The van der Waals surface area contributed by atoms with Gasteiger partial charge in [-0.2, -0.15) is 0 Å². The summed E-state index contributed by atoms with van der Waals surface area (Å²) in [5.74, 6) is 0. The molecule has 0 amide bonds. The summed E-state index contributed by atoms with van der Waals surface area (Å²) in [4.78, 5) is 3.78. The molecule has 1 aromatic heterocycles. The molecular formula is C9H11ClF2N2. The molecule has 5 heteroatoms. The van der Waals surface area contributed by atoms with Crippen LogP contribution >= 0.6 is 11.6 Å². The lowest BCUT2D eigenvalue weighted by atomic mass is 10.1. The number of nitrogens with one attached hydrogen (secondary N) is 1. The summed E-state index contributed by atoms with van der Waals surface area (Å²) in [6.07, 6.45) is 0.800. The van der Waals surface area contributed by atoms with Gasteiger partial charge in [-0.15, -0.1) is 0 Å². The highest BCUT2D eigenvalue weighted by molar-refractivity contribution is 6.31. The highest BCUT2D eigenvalue weighted by atomic mass is 35.5. The number of nitrogens with zero attached hydrogens (tertiary/aromatic N) is 1. The van der Waals surface area contributed by atoms with E-state index >= 15 is 0 Å². The fourth-order valence-corrected chi connectivity index (χ4v) is 1.32. The molecule has 14 heavy (non-hydrogen) atoms. The van der Waals surface area contributed by atoms with E-state index in [1.165, 1.54) is 13.2 Å². The number of alkyl halides is 2. The van der Waals surface area contributed by atoms with E-state index in [0.29, 0.717) is 10.6 Å². The van der Waals surface area contributed by atoms with Gasteiger partial charge in [0.25, 0.3) is 6.43 Å². The molecule has 2 nitrogen and oxygen atoms in total. The third-order valence-corrected chi connectivity index (χ3v) is 2.31. The highest BCUT2D eigenvalue weighted by Crippen LogP contribution is 2.17. The summed E-state index contributed by atoms with van der Waals surface area (Å²) in [5.41, 5.74) is 0.682. The number of halogens is 3. The molecule has 78 valence electrons. The number of aromatic nitrogens is 1. The predicted octanol–water partition coefficient (Wildman–Crippen LogP) is 2.13. The van der Waals surface area contributed by atoms with Gasteiger partial charge in [-0.05, 0) is 25.1 Å². The minimum atomic E-state index is -2.40. The van der Waals surface area contributed by atoms with Crippen LogP contribution in [0.3, 0.4) is 0 Å². The van der Waals surface area contributed by atoms with Gasteiger partial charge in [0.15, 0.2) is 0 Å². The molecule has 0 saturated carbocycles. The molecule has 0 fully saturated rings. The van der Waals surface area contributed by atoms with E-state index in [-0.39, 0.29) is 6.42 Å².